The summed E-state index contributed by atoms with van der Waals surface area (Å²) in [6, 6.07) is 10.4. The number of hydrogen-bond donors (Lipinski definition) is 0. The zero-order chi connectivity index (χ0) is 21.9. The second-order valence-corrected chi connectivity index (χ2v) is 8.87. The highest BCUT2D eigenvalue weighted by Crippen LogP contribution is 2.32. The van der Waals surface area contributed by atoms with Crippen LogP contribution in [0.2, 0.25) is 0 Å². The van der Waals surface area contributed by atoms with Gasteiger partial charge in [-0.05, 0) is 88.3 Å². The van der Waals surface area contributed by atoms with Crippen LogP contribution >= 0.6 is 24.8 Å². The largest absolute Gasteiger partial charge is 0.492 e. The van der Waals surface area contributed by atoms with E-state index in [1.54, 1.807) is 36.4 Å². The molecule has 0 saturated carbocycles. The average Bonchev–Trinajstić information content (AvgIpc) is 3.52. The zero-order valence-corrected chi connectivity index (χ0v) is 20.9. The second-order valence-electron chi connectivity index (χ2n) is 8.87. The van der Waals surface area contributed by atoms with E-state index in [9.17, 15) is 9.59 Å². The lowest BCUT2D eigenvalue weighted by Gasteiger charge is -2.20. The Morgan fingerprint density at radius 3 is 1.38 bits per heavy atom. The molecule has 184 valence electrons. The first-order valence-electron chi connectivity index (χ1n) is 11.8. The first-order valence-corrected chi connectivity index (χ1v) is 11.8. The van der Waals surface area contributed by atoms with Crippen LogP contribution in [0.1, 0.15) is 57.5 Å². The van der Waals surface area contributed by atoms with Crippen molar-refractivity contribution in [1.82, 2.24) is 9.80 Å². The molecular formula is C26H32Cl2N2O4. The van der Waals surface area contributed by atoms with Crippen LogP contribution in [0.15, 0.2) is 36.4 Å². The summed E-state index contributed by atoms with van der Waals surface area (Å²) in [6.07, 6.45) is 5.00. The van der Waals surface area contributed by atoms with E-state index in [4.69, 9.17) is 9.47 Å². The Morgan fingerprint density at radius 1 is 0.588 bits per heavy atom. The molecule has 0 N–H and O–H groups in total. The van der Waals surface area contributed by atoms with E-state index in [-0.39, 0.29) is 36.4 Å². The van der Waals surface area contributed by atoms with E-state index in [0.29, 0.717) is 47.0 Å². The van der Waals surface area contributed by atoms with Crippen LogP contribution in [0.3, 0.4) is 0 Å². The number of carbonyl (C=O) groups excluding carboxylic acids is 2. The van der Waals surface area contributed by atoms with E-state index in [1.165, 1.54) is 25.7 Å². The number of nitrogens with zero attached hydrogens (tertiary/aromatic N) is 2. The molecule has 0 bridgehead atoms. The van der Waals surface area contributed by atoms with Gasteiger partial charge in [0.25, 0.3) is 0 Å². The number of ether oxygens (including phenoxy) is 2. The number of ketones is 2. The molecule has 2 saturated heterocycles. The van der Waals surface area contributed by atoms with Crippen LogP contribution in [-0.4, -0.2) is 73.8 Å². The molecule has 2 heterocycles. The molecule has 2 aromatic rings. The Kier molecular flexibility index (Phi) is 9.37. The molecule has 0 atom stereocenters. The van der Waals surface area contributed by atoms with Crippen molar-refractivity contribution in [1.29, 1.82) is 0 Å². The summed E-state index contributed by atoms with van der Waals surface area (Å²) in [5.74, 6) is 0.988. The summed E-state index contributed by atoms with van der Waals surface area (Å²) >= 11 is 0. The number of halogens is 2. The molecular weight excluding hydrogens is 475 g/mol. The Bertz CT molecular complexity index is 940. The molecule has 0 spiro atoms. The van der Waals surface area contributed by atoms with E-state index in [0.717, 1.165) is 39.3 Å². The maximum Gasteiger partial charge on any atom is 0.194 e. The average molecular weight is 507 g/mol. The highest BCUT2D eigenvalue weighted by Gasteiger charge is 2.30. The predicted molar refractivity (Wildman–Crippen MR) is 137 cm³/mol. The van der Waals surface area contributed by atoms with Crippen molar-refractivity contribution in [2.45, 2.75) is 25.7 Å². The number of fused-ring (bicyclic) bond motifs is 2. The maximum atomic E-state index is 13.2. The van der Waals surface area contributed by atoms with Crippen molar-refractivity contribution in [3.8, 4) is 11.5 Å². The lowest BCUT2D eigenvalue weighted by molar-refractivity contribution is 0.0978. The topological polar surface area (TPSA) is 59.1 Å². The van der Waals surface area contributed by atoms with Gasteiger partial charge in [-0.1, -0.05) is 0 Å². The maximum absolute atomic E-state index is 13.2. The SMILES string of the molecule is Cl.Cl.O=C1c2ccc(OCCN3CCCC3)cc2C(=O)c2cc(OCCN3CCCC3)ccc21. The molecule has 34 heavy (non-hydrogen) atoms. The molecule has 1 aliphatic carbocycles. The fourth-order valence-corrected chi connectivity index (χ4v) is 4.89. The van der Waals surface area contributed by atoms with Gasteiger partial charge in [-0.15, -0.1) is 24.8 Å². The number of rotatable bonds is 8. The minimum atomic E-state index is -0.149. The van der Waals surface area contributed by atoms with Crippen molar-refractivity contribution in [3.05, 3.63) is 58.7 Å². The summed E-state index contributed by atoms with van der Waals surface area (Å²) in [7, 11) is 0. The van der Waals surface area contributed by atoms with Gasteiger partial charge in [0.2, 0.25) is 0 Å². The quantitative estimate of drug-likeness (QED) is 0.455. The molecule has 2 aromatic carbocycles. The van der Waals surface area contributed by atoms with Crippen LogP contribution < -0.4 is 9.47 Å². The fourth-order valence-electron chi connectivity index (χ4n) is 4.89. The Hall–Kier alpha value is -2.12. The summed E-state index contributed by atoms with van der Waals surface area (Å²) < 4.78 is 11.8. The lowest BCUT2D eigenvalue weighted by Crippen LogP contribution is -2.25. The fraction of sp³-hybridized carbons (Fsp3) is 0.462. The monoisotopic (exact) mass is 506 g/mol. The van der Waals surface area contributed by atoms with Gasteiger partial charge in [-0.2, -0.15) is 0 Å². The molecule has 5 rings (SSSR count). The van der Waals surface area contributed by atoms with E-state index >= 15 is 0 Å². The molecule has 2 aliphatic heterocycles. The molecule has 3 aliphatic rings. The van der Waals surface area contributed by atoms with Crippen molar-refractivity contribution in [3.63, 3.8) is 0 Å². The standard InChI is InChI=1S/C26H30N2O4.2ClH/c29-25-21-7-5-19(31-15-13-27-9-1-2-10-27)17-23(21)26(30)24-18-20(6-8-22(24)25)32-16-14-28-11-3-4-12-28;;/h5-8,17-18H,1-4,9-16H2;2*1H. The molecule has 6 nitrogen and oxygen atoms in total. The van der Waals surface area contributed by atoms with Gasteiger partial charge < -0.3 is 9.47 Å². The van der Waals surface area contributed by atoms with Crippen LogP contribution in [-0.2, 0) is 0 Å². The molecule has 0 unspecified atom stereocenters. The van der Waals surface area contributed by atoms with Crippen molar-refractivity contribution in [2.24, 2.45) is 0 Å². The first-order chi connectivity index (χ1) is 15.7. The minimum Gasteiger partial charge on any atom is -0.492 e. The van der Waals surface area contributed by atoms with E-state index in [2.05, 4.69) is 9.80 Å². The number of hydrogen-bond acceptors (Lipinski definition) is 6. The predicted octanol–water partition coefficient (Wildman–Crippen LogP) is 4.25. The number of likely N-dealkylation sites (tertiary alicyclic amines) is 2. The van der Waals surface area contributed by atoms with Crippen molar-refractivity contribution >= 4 is 36.4 Å². The summed E-state index contributed by atoms with van der Waals surface area (Å²) in [5, 5.41) is 0. The van der Waals surface area contributed by atoms with E-state index in [1.807, 2.05) is 0 Å². The van der Waals surface area contributed by atoms with Gasteiger partial charge in [0.15, 0.2) is 11.6 Å². The first kappa shape index (κ1) is 26.5. The summed E-state index contributed by atoms with van der Waals surface area (Å²) in [6.45, 7) is 7.41. The summed E-state index contributed by atoms with van der Waals surface area (Å²) in [5.41, 5.74) is 1.71. The van der Waals surface area contributed by atoms with Gasteiger partial charge in [0.05, 0.1) is 0 Å². The van der Waals surface area contributed by atoms with Crippen LogP contribution in [0.5, 0.6) is 11.5 Å². The third-order valence-corrected chi connectivity index (χ3v) is 6.71. The second kappa shape index (κ2) is 12.0. The third-order valence-electron chi connectivity index (χ3n) is 6.71. The Balaban J connectivity index is 0.00000162. The third kappa shape index (κ3) is 5.74. The van der Waals surface area contributed by atoms with Gasteiger partial charge in [0, 0.05) is 35.3 Å². The smallest absolute Gasteiger partial charge is 0.194 e. The Morgan fingerprint density at radius 2 is 0.971 bits per heavy atom. The minimum absolute atomic E-state index is 0. The van der Waals surface area contributed by atoms with E-state index < -0.39 is 0 Å². The zero-order valence-electron chi connectivity index (χ0n) is 19.3. The molecule has 0 radical (unpaired) electrons. The molecule has 2 fully saturated rings. The molecule has 0 aromatic heterocycles. The van der Waals surface area contributed by atoms with Crippen LogP contribution in [0.25, 0.3) is 0 Å². The summed E-state index contributed by atoms with van der Waals surface area (Å²) in [4.78, 5) is 31.0. The number of benzene rings is 2. The van der Waals surface area contributed by atoms with Crippen molar-refractivity contribution in [2.75, 3.05) is 52.5 Å². The Labute approximate surface area is 213 Å². The highest BCUT2D eigenvalue weighted by atomic mass is 35.5. The van der Waals surface area contributed by atoms with Gasteiger partial charge >= 0.3 is 0 Å². The normalized spacial score (nSPS) is 17.5. The molecule has 0 amide bonds. The van der Waals surface area contributed by atoms with Crippen LogP contribution in [0, 0.1) is 0 Å². The number of carbonyl (C=O) groups is 2. The van der Waals surface area contributed by atoms with Crippen molar-refractivity contribution < 1.29 is 19.1 Å². The van der Waals surface area contributed by atoms with Crippen LogP contribution in [0.4, 0.5) is 0 Å². The van der Waals surface area contributed by atoms with Gasteiger partial charge in [0.1, 0.15) is 24.7 Å². The van der Waals surface area contributed by atoms with Gasteiger partial charge in [-0.3, -0.25) is 19.4 Å². The highest BCUT2D eigenvalue weighted by molar-refractivity contribution is 6.28. The lowest BCUT2D eigenvalue weighted by atomic mass is 9.84. The van der Waals surface area contributed by atoms with Gasteiger partial charge in [-0.25, -0.2) is 0 Å². The molecule has 8 heteroatoms.